The summed E-state index contributed by atoms with van der Waals surface area (Å²) < 4.78 is 10.1. The van der Waals surface area contributed by atoms with E-state index in [2.05, 4.69) is 20.0 Å². The lowest BCUT2D eigenvalue weighted by atomic mass is 9.83. The molecule has 104 valence electrons. The molecule has 2 rings (SSSR count). The third-order valence-electron chi connectivity index (χ3n) is 3.09. The number of carbonyl (C=O) groups excluding carboxylic acids is 1. The van der Waals surface area contributed by atoms with E-state index in [-0.39, 0.29) is 24.0 Å². The maximum Gasteiger partial charge on any atom is 0.376 e. The van der Waals surface area contributed by atoms with Crippen molar-refractivity contribution in [2.24, 2.45) is 5.73 Å². The second kappa shape index (κ2) is 5.94. The number of aromatic nitrogens is 2. The Hall–Kier alpha value is -1.73. The summed E-state index contributed by atoms with van der Waals surface area (Å²) in [5.74, 6) is -0.00322. The van der Waals surface area contributed by atoms with Gasteiger partial charge in [0, 0.05) is 18.8 Å². The summed E-state index contributed by atoms with van der Waals surface area (Å²) in [6.07, 6.45) is 2.40. The zero-order chi connectivity index (χ0) is 13.8. The fourth-order valence-electron chi connectivity index (χ4n) is 2.03. The van der Waals surface area contributed by atoms with E-state index in [1.54, 1.807) is 6.07 Å². The zero-order valence-corrected chi connectivity index (χ0v) is 11.0. The van der Waals surface area contributed by atoms with Crippen LogP contribution in [-0.4, -0.2) is 47.8 Å². The smallest absolute Gasteiger partial charge is 0.376 e. The van der Waals surface area contributed by atoms with E-state index in [1.165, 1.54) is 13.3 Å². The van der Waals surface area contributed by atoms with E-state index in [4.69, 9.17) is 10.5 Å². The fraction of sp³-hybridized carbons (Fsp3) is 0.583. The van der Waals surface area contributed by atoms with Gasteiger partial charge >= 0.3 is 5.97 Å². The van der Waals surface area contributed by atoms with Crippen LogP contribution in [0.25, 0.3) is 0 Å². The molecule has 1 fully saturated rings. The number of ether oxygens (including phenoxy) is 2. The predicted octanol–water partition coefficient (Wildman–Crippen LogP) is 0.180. The average molecular weight is 266 g/mol. The van der Waals surface area contributed by atoms with Gasteiger partial charge in [-0.25, -0.2) is 14.8 Å². The molecule has 1 heterocycles. The molecule has 3 unspecified atom stereocenters. The summed E-state index contributed by atoms with van der Waals surface area (Å²) in [5, 5.41) is 3.17. The van der Waals surface area contributed by atoms with Crippen molar-refractivity contribution in [1.82, 2.24) is 9.97 Å². The Bertz CT molecular complexity index is 452. The van der Waals surface area contributed by atoms with Crippen molar-refractivity contribution < 1.29 is 14.3 Å². The Balaban J connectivity index is 2.04. The molecule has 0 radical (unpaired) electrons. The molecule has 19 heavy (non-hydrogen) atoms. The summed E-state index contributed by atoms with van der Waals surface area (Å²) >= 11 is 0. The molecule has 1 aliphatic rings. The van der Waals surface area contributed by atoms with Gasteiger partial charge in [-0.3, -0.25) is 0 Å². The third-order valence-corrected chi connectivity index (χ3v) is 3.09. The first-order valence-corrected chi connectivity index (χ1v) is 6.20. The van der Waals surface area contributed by atoms with Gasteiger partial charge in [0.1, 0.15) is 5.82 Å². The normalized spacial score (nSPS) is 25.5. The number of nitrogens with zero attached hydrogens (tertiary/aromatic N) is 2. The first-order valence-electron chi connectivity index (χ1n) is 6.20. The minimum Gasteiger partial charge on any atom is -0.463 e. The molecule has 0 spiro atoms. The molecule has 3 N–H and O–H groups in total. The highest BCUT2D eigenvalue weighted by Gasteiger charge is 2.39. The molecule has 1 aromatic rings. The van der Waals surface area contributed by atoms with Gasteiger partial charge in [-0.1, -0.05) is 0 Å². The quantitative estimate of drug-likeness (QED) is 0.733. The molecular weight excluding hydrogens is 248 g/mol. The van der Waals surface area contributed by atoms with Gasteiger partial charge in [-0.05, 0) is 19.4 Å². The molecule has 7 nitrogen and oxygen atoms in total. The average Bonchev–Trinajstić information content (AvgIpc) is 2.44. The van der Waals surface area contributed by atoms with E-state index < -0.39 is 5.97 Å². The van der Waals surface area contributed by atoms with Crippen molar-refractivity contribution in [2.45, 2.75) is 31.5 Å². The maximum absolute atomic E-state index is 11.3. The van der Waals surface area contributed by atoms with E-state index >= 15 is 0 Å². The Labute approximate surface area is 111 Å². The SMILES string of the molecule is CCOC1CC(N)C1Nc1ccnc(C(=O)OC)n1. The number of rotatable bonds is 5. The number of esters is 1. The standard InChI is InChI=1S/C12H18N4O3/c1-3-19-8-6-7(13)10(8)15-9-4-5-14-11(16-9)12(17)18-2/h4-5,7-8,10H,3,6,13H2,1-2H3,(H,14,15,16). The van der Waals surface area contributed by atoms with Gasteiger partial charge in [0.05, 0.1) is 19.3 Å². The second-order valence-electron chi connectivity index (χ2n) is 4.32. The monoisotopic (exact) mass is 266 g/mol. The van der Waals surface area contributed by atoms with E-state index in [0.29, 0.717) is 12.4 Å². The fourth-order valence-corrected chi connectivity index (χ4v) is 2.03. The number of nitrogens with one attached hydrogen (secondary N) is 1. The molecule has 1 aliphatic carbocycles. The van der Waals surface area contributed by atoms with Crippen molar-refractivity contribution in [2.75, 3.05) is 19.0 Å². The highest BCUT2D eigenvalue weighted by molar-refractivity contribution is 5.85. The maximum atomic E-state index is 11.3. The largest absolute Gasteiger partial charge is 0.463 e. The molecule has 3 atom stereocenters. The van der Waals surface area contributed by atoms with Crippen LogP contribution < -0.4 is 11.1 Å². The van der Waals surface area contributed by atoms with Crippen LogP contribution in [0.5, 0.6) is 0 Å². The minimum atomic E-state index is -0.567. The number of methoxy groups -OCH3 is 1. The topological polar surface area (TPSA) is 99.4 Å². The van der Waals surface area contributed by atoms with Crippen molar-refractivity contribution in [3.8, 4) is 0 Å². The summed E-state index contributed by atoms with van der Waals surface area (Å²) in [4.78, 5) is 19.3. The van der Waals surface area contributed by atoms with Crippen molar-refractivity contribution in [1.29, 1.82) is 0 Å². The number of carbonyl (C=O) groups is 1. The Kier molecular flexibility index (Phi) is 4.28. The van der Waals surface area contributed by atoms with Crippen LogP contribution in [0.3, 0.4) is 0 Å². The van der Waals surface area contributed by atoms with Crippen LogP contribution in [0.1, 0.15) is 24.0 Å². The molecule has 0 bridgehead atoms. The second-order valence-corrected chi connectivity index (χ2v) is 4.32. The first kappa shape index (κ1) is 13.7. The van der Waals surface area contributed by atoms with E-state index in [9.17, 15) is 4.79 Å². The van der Waals surface area contributed by atoms with Crippen LogP contribution in [0, 0.1) is 0 Å². The molecule has 1 saturated carbocycles. The highest BCUT2D eigenvalue weighted by Crippen LogP contribution is 2.25. The molecule has 0 saturated heterocycles. The van der Waals surface area contributed by atoms with Crippen LogP contribution >= 0.6 is 0 Å². The molecule has 7 heteroatoms. The van der Waals surface area contributed by atoms with Crippen molar-refractivity contribution in [3.63, 3.8) is 0 Å². The summed E-state index contributed by atoms with van der Waals surface area (Å²) in [6.45, 7) is 2.59. The van der Waals surface area contributed by atoms with Crippen LogP contribution in [0.4, 0.5) is 5.82 Å². The minimum absolute atomic E-state index is 0.000321. The number of hydrogen-bond acceptors (Lipinski definition) is 7. The van der Waals surface area contributed by atoms with E-state index in [1.807, 2.05) is 6.92 Å². The third kappa shape index (κ3) is 2.99. The van der Waals surface area contributed by atoms with Gasteiger partial charge < -0.3 is 20.5 Å². The lowest BCUT2D eigenvalue weighted by molar-refractivity contribution is -0.0127. The molecule has 0 aliphatic heterocycles. The van der Waals surface area contributed by atoms with Crippen LogP contribution in [0.15, 0.2) is 12.3 Å². The van der Waals surface area contributed by atoms with Crippen molar-refractivity contribution in [3.05, 3.63) is 18.1 Å². The Morgan fingerprint density at radius 2 is 2.42 bits per heavy atom. The lowest BCUT2D eigenvalue weighted by Gasteiger charge is -2.42. The number of anilines is 1. The molecule has 1 aromatic heterocycles. The van der Waals surface area contributed by atoms with Crippen molar-refractivity contribution >= 4 is 11.8 Å². The number of hydrogen-bond donors (Lipinski definition) is 2. The van der Waals surface area contributed by atoms with Gasteiger partial charge in [0.2, 0.25) is 5.82 Å². The van der Waals surface area contributed by atoms with E-state index in [0.717, 1.165) is 6.42 Å². The molecule has 0 aromatic carbocycles. The van der Waals surface area contributed by atoms with Gasteiger partial charge in [0.25, 0.3) is 0 Å². The lowest BCUT2D eigenvalue weighted by Crippen LogP contribution is -2.60. The predicted molar refractivity (Wildman–Crippen MR) is 68.8 cm³/mol. The summed E-state index contributed by atoms with van der Waals surface area (Å²) in [7, 11) is 1.29. The van der Waals surface area contributed by atoms with Crippen LogP contribution in [0.2, 0.25) is 0 Å². The Morgan fingerprint density at radius 1 is 1.63 bits per heavy atom. The first-order chi connectivity index (χ1) is 9.15. The zero-order valence-electron chi connectivity index (χ0n) is 11.0. The summed E-state index contributed by atoms with van der Waals surface area (Å²) in [6, 6.07) is 1.70. The van der Waals surface area contributed by atoms with Gasteiger partial charge in [0.15, 0.2) is 0 Å². The van der Waals surface area contributed by atoms with Gasteiger partial charge in [-0.15, -0.1) is 0 Å². The molecular formula is C12H18N4O3. The van der Waals surface area contributed by atoms with Crippen LogP contribution in [-0.2, 0) is 9.47 Å². The molecule has 0 amide bonds. The number of nitrogens with two attached hydrogens (primary N) is 1. The Morgan fingerprint density at radius 3 is 3.05 bits per heavy atom. The van der Waals surface area contributed by atoms with Gasteiger partial charge in [-0.2, -0.15) is 0 Å². The highest BCUT2D eigenvalue weighted by atomic mass is 16.5. The summed E-state index contributed by atoms with van der Waals surface area (Å²) in [5.41, 5.74) is 5.94.